The number of unbranched alkanes of at least 4 members (excludes halogenated alkanes) is 1. The Balaban J connectivity index is 2.21. The zero-order valence-corrected chi connectivity index (χ0v) is 12.6. The molecule has 0 atom stereocenters. The predicted molar refractivity (Wildman–Crippen MR) is 79.0 cm³/mol. The highest BCUT2D eigenvalue weighted by atomic mass is 16.5. The minimum absolute atomic E-state index is 0.683. The van der Waals surface area contributed by atoms with E-state index in [4.69, 9.17) is 18.9 Å². The molecule has 114 valence electrons. The molecule has 0 spiro atoms. The standard InChI is InChI=1S/C15H25NO4/c1-17-9-7-16-6-4-5-8-20-15-11-13(18-2)10-14(12-15)19-3/h10-12,16H,4-9H2,1-3H3. The summed E-state index contributed by atoms with van der Waals surface area (Å²) >= 11 is 0. The highest BCUT2D eigenvalue weighted by molar-refractivity contribution is 5.41. The van der Waals surface area contributed by atoms with Crippen molar-refractivity contribution in [2.75, 3.05) is 47.6 Å². The van der Waals surface area contributed by atoms with E-state index >= 15 is 0 Å². The zero-order valence-electron chi connectivity index (χ0n) is 12.6. The molecule has 0 heterocycles. The van der Waals surface area contributed by atoms with E-state index in [0.29, 0.717) is 6.61 Å². The van der Waals surface area contributed by atoms with E-state index < -0.39 is 0 Å². The molecule has 0 aliphatic heterocycles. The highest BCUT2D eigenvalue weighted by Gasteiger charge is 2.02. The normalized spacial score (nSPS) is 10.3. The van der Waals surface area contributed by atoms with E-state index in [0.717, 1.165) is 49.8 Å². The number of ether oxygens (including phenoxy) is 4. The van der Waals surface area contributed by atoms with Gasteiger partial charge in [-0.05, 0) is 19.4 Å². The summed E-state index contributed by atoms with van der Waals surface area (Å²) in [5.41, 5.74) is 0. The van der Waals surface area contributed by atoms with Crippen LogP contribution in [0.3, 0.4) is 0 Å². The maximum absolute atomic E-state index is 5.71. The van der Waals surface area contributed by atoms with E-state index in [2.05, 4.69) is 5.32 Å². The quantitative estimate of drug-likeness (QED) is 0.630. The Labute approximate surface area is 121 Å². The molecule has 1 rings (SSSR count). The molecule has 5 nitrogen and oxygen atoms in total. The fraction of sp³-hybridized carbons (Fsp3) is 0.600. The minimum atomic E-state index is 0.683. The topological polar surface area (TPSA) is 49.0 Å². The van der Waals surface area contributed by atoms with Crippen LogP contribution in [0.5, 0.6) is 17.2 Å². The first-order chi connectivity index (χ1) is 9.80. The minimum Gasteiger partial charge on any atom is -0.496 e. The SMILES string of the molecule is COCCNCCCCOc1cc(OC)cc(OC)c1. The lowest BCUT2D eigenvalue weighted by molar-refractivity contribution is 0.199. The van der Waals surface area contributed by atoms with Crippen LogP contribution < -0.4 is 19.5 Å². The Hall–Kier alpha value is -1.46. The van der Waals surface area contributed by atoms with Crippen molar-refractivity contribution in [3.8, 4) is 17.2 Å². The summed E-state index contributed by atoms with van der Waals surface area (Å²) in [5, 5.41) is 3.30. The van der Waals surface area contributed by atoms with Gasteiger partial charge in [0.25, 0.3) is 0 Å². The summed E-state index contributed by atoms with van der Waals surface area (Å²) < 4.78 is 21.1. The molecule has 0 saturated heterocycles. The number of hydrogen-bond acceptors (Lipinski definition) is 5. The van der Waals surface area contributed by atoms with E-state index in [1.54, 1.807) is 21.3 Å². The van der Waals surface area contributed by atoms with Crippen LogP contribution in [0.25, 0.3) is 0 Å². The lowest BCUT2D eigenvalue weighted by Gasteiger charge is -2.10. The average Bonchev–Trinajstić information content (AvgIpc) is 2.49. The van der Waals surface area contributed by atoms with Crippen LogP contribution in [-0.4, -0.2) is 47.6 Å². The molecule has 0 bridgehead atoms. The summed E-state index contributed by atoms with van der Waals surface area (Å²) in [6, 6.07) is 5.55. The molecule has 5 heteroatoms. The van der Waals surface area contributed by atoms with Crippen LogP contribution in [0, 0.1) is 0 Å². The maximum atomic E-state index is 5.71. The molecule has 0 fully saturated rings. The summed E-state index contributed by atoms with van der Waals surface area (Å²) in [4.78, 5) is 0. The summed E-state index contributed by atoms with van der Waals surface area (Å²) in [6.45, 7) is 3.31. The predicted octanol–water partition coefficient (Wildman–Crippen LogP) is 2.10. The van der Waals surface area contributed by atoms with E-state index in [1.807, 2.05) is 18.2 Å². The molecule has 0 aromatic heterocycles. The molecule has 0 amide bonds. The summed E-state index contributed by atoms with van der Waals surface area (Å²) in [5.74, 6) is 2.25. The van der Waals surface area contributed by atoms with Crippen LogP contribution in [-0.2, 0) is 4.74 Å². The molecule has 0 aliphatic rings. The lowest BCUT2D eigenvalue weighted by Crippen LogP contribution is -2.20. The van der Waals surface area contributed by atoms with Crippen molar-refractivity contribution in [3.05, 3.63) is 18.2 Å². The summed E-state index contributed by atoms with van der Waals surface area (Å²) in [6.07, 6.45) is 2.07. The van der Waals surface area contributed by atoms with Crippen LogP contribution in [0.15, 0.2) is 18.2 Å². The van der Waals surface area contributed by atoms with E-state index in [-0.39, 0.29) is 0 Å². The second kappa shape index (κ2) is 10.3. The number of methoxy groups -OCH3 is 3. The van der Waals surface area contributed by atoms with Gasteiger partial charge in [-0.2, -0.15) is 0 Å². The van der Waals surface area contributed by atoms with Gasteiger partial charge in [0.1, 0.15) is 17.2 Å². The van der Waals surface area contributed by atoms with Gasteiger partial charge in [-0.3, -0.25) is 0 Å². The number of benzene rings is 1. The van der Waals surface area contributed by atoms with Crippen LogP contribution in [0.4, 0.5) is 0 Å². The van der Waals surface area contributed by atoms with Gasteiger partial charge in [0, 0.05) is 31.9 Å². The van der Waals surface area contributed by atoms with Crippen LogP contribution in [0.1, 0.15) is 12.8 Å². The van der Waals surface area contributed by atoms with Gasteiger partial charge in [-0.1, -0.05) is 0 Å². The third-order valence-corrected chi connectivity index (χ3v) is 2.82. The summed E-state index contributed by atoms with van der Waals surface area (Å²) in [7, 11) is 4.96. The number of hydrogen-bond donors (Lipinski definition) is 1. The van der Waals surface area contributed by atoms with Crippen molar-refractivity contribution in [3.63, 3.8) is 0 Å². The van der Waals surface area contributed by atoms with Crippen LogP contribution >= 0.6 is 0 Å². The number of nitrogens with one attached hydrogen (secondary N) is 1. The largest absolute Gasteiger partial charge is 0.496 e. The van der Waals surface area contributed by atoms with Gasteiger partial charge in [-0.15, -0.1) is 0 Å². The van der Waals surface area contributed by atoms with Crippen molar-refractivity contribution in [1.29, 1.82) is 0 Å². The first-order valence-corrected chi connectivity index (χ1v) is 6.85. The third kappa shape index (κ3) is 6.63. The second-order valence-electron chi connectivity index (χ2n) is 4.35. The third-order valence-electron chi connectivity index (χ3n) is 2.82. The lowest BCUT2D eigenvalue weighted by atomic mass is 10.3. The molecule has 0 radical (unpaired) electrons. The zero-order chi connectivity index (χ0) is 14.6. The van der Waals surface area contributed by atoms with Gasteiger partial charge in [0.05, 0.1) is 27.4 Å². The molecule has 1 aromatic rings. The van der Waals surface area contributed by atoms with Crippen molar-refractivity contribution in [2.24, 2.45) is 0 Å². The fourth-order valence-corrected chi connectivity index (χ4v) is 1.71. The Bertz CT molecular complexity index is 349. The first-order valence-electron chi connectivity index (χ1n) is 6.85. The molecule has 0 saturated carbocycles. The Morgan fingerprint density at radius 3 is 2.05 bits per heavy atom. The molecule has 1 N–H and O–H groups in total. The molecular weight excluding hydrogens is 258 g/mol. The van der Waals surface area contributed by atoms with Gasteiger partial charge in [-0.25, -0.2) is 0 Å². The Morgan fingerprint density at radius 1 is 0.800 bits per heavy atom. The monoisotopic (exact) mass is 283 g/mol. The highest BCUT2D eigenvalue weighted by Crippen LogP contribution is 2.27. The Morgan fingerprint density at radius 2 is 1.45 bits per heavy atom. The molecular formula is C15H25NO4. The Kier molecular flexibility index (Phi) is 8.58. The molecule has 20 heavy (non-hydrogen) atoms. The average molecular weight is 283 g/mol. The van der Waals surface area contributed by atoms with Gasteiger partial charge in [0.2, 0.25) is 0 Å². The molecule has 0 unspecified atom stereocenters. The smallest absolute Gasteiger partial charge is 0.126 e. The van der Waals surface area contributed by atoms with Crippen molar-refractivity contribution >= 4 is 0 Å². The first kappa shape index (κ1) is 16.6. The molecule has 0 aliphatic carbocycles. The van der Waals surface area contributed by atoms with Crippen molar-refractivity contribution < 1.29 is 18.9 Å². The van der Waals surface area contributed by atoms with Crippen molar-refractivity contribution in [1.82, 2.24) is 5.32 Å². The molecule has 1 aromatic carbocycles. The number of rotatable bonds is 11. The maximum Gasteiger partial charge on any atom is 0.126 e. The van der Waals surface area contributed by atoms with Gasteiger partial charge >= 0.3 is 0 Å². The van der Waals surface area contributed by atoms with Gasteiger partial charge in [0.15, 0.2) is 0 Å². The second-order valence-corrected chi connectivity index (χ2v) is 4.35. The fourth-order valence-electron chi connectivity index (χ4n) is 1.71. The van der Waals surface area contributed by atoms with Gasteiger partial charge < -0.3 is 24.3 Å². The van der Waals surface area contributed by atoms with Crippen molar-refractivity contribution in [2.45, 2.75) is 12.8 Å². The van der Waals surface area contributed by atoms with E-state index in [9.17, 15) is 0 Å². The van der Waals surface area contributed by atoms with E-state index in [1.165, 1.54) is 0 Å². The van der Waals surface area contributed by atoms with Crippen LogP contribution in [0.2, 0.25) is 0 Å².